The number of fused-ring (bicyclic) bond motifs is 1. The van der Waals surface area contributed by atoms with E-state index in [9.17, 15) is 18.0 Å². The second kappa shape index (κ2) is 7.98. The molecule has 2 unspecified atom stereocenters. The van der Waals surface area contributed by atoms with Crippen LogP contribution in [0, 0.1) is 0 Å². The van der Waals surface area contributed by atoms with E-state index in [1.807, 2.05) is 29.2 Å². The lowest BCUT2D eigenvalue weighted by Gasteiger charge is -2.36. The van der Waals surface area contributed by atoms with Gasteiger partial charge < -0.3 is 4.90 Å². The van der Waals surface area contributed by atoms with Gasteiger partial charge in [0.05, 0.1) is 33.8 Å². The molecule has 3 aliphatic rings. The first-order valence-electron chi connectivity index (χ1n) is 10.7. The second-order valence-electron chi connectivity index (χ2n) is 8.37. The number of para-hydroxylation sites is 1. The zero-order chi connectivity index (χ0) is 21.6. The first-order chi connectivity index (χ1) is 14.9. The summed E-state index contributed by atoms with van der Waals surface area (Å²) in [5, 5.41) is 6.58. The van der Waals surface area contributed by atoms with Gasteiger partial charge in [-0.05, 0) is 37.8 Å². The Morgan fingerprint density at radius 1 is 1.13 bits per heavy atom. The third kappa shape index (κ3) is 3.98. The van der Waals surface area contributed by atoms with Gasteiger partial charge in [0.15, 0.2) is 9.84 Å². The van der Waals surface area contributed by atoms with Crippen molar-refractivity contribution in [2.45, 2.75) is 50.6 Å². The second-order valence-corrected chi connectivity index (χ2v) is 11.7. The highest BCUT2D eigenvalue weighted by atomic mass is 32.2. The molecule has 5 rings (SSSR count). The predicted octanol–water partition coefficient (Wildman–Crippen LogP) is 2.52. The molecule has 2 atom stereocenters. The Labute approximate surface area is 184 Å². The summed E-state index contributed by atoms with van der Waals surface area (Å²) < 4.78 is 24.8. The van der Waals surface area contributed by atoms with E-state index in [0.29, 0.717) is 18.7 Å². The van der Waals surface area contributed by atoms with E-state index in [0.717, 1.165) is 34.5 Å². The molecule has 0 aliphatic carbocycles. The van der Waals surface area contributed by atoms with Crippen molar-refractivity contribution in [1.29, 1.82) is 0 Å². The number of sulfone groups is 1. The average Bonchev–Trinajstić information content (AvgIpc) is 3.36. The third-order valence-corrected chi connectivity index (χ3v) is 9.11. The van der Waals surface area contributed by atoms with Gasteiger partial charge in [0.25, 0.3) is 5.91 Å². The molecule has 3 aliphatic heterocycles. The number of carbonyl (C=O) groups excluding carboxylic acids is 2. The Kier molecular flexibility index (Phi) is 5.29. The predicted molar refractivity (Wildman–Crippen MR) is 118 cm³/mol. The zero-order valence-electron chi connectivity index (χ0n) is 17.1. The van der Waals surface area contributed by atoms with Gasteiger partial charge in [-0.1, -0.05) is 12.1 Å². The summed E-state index contributed by atoms with van der Waals surface area (Å²) in [4.78, 5) is 32.5. The number of aromatic nitrogens is 1. The number of hydrogen-bond acceptors (Lipinski definition) is 7. The molecule has 0 radical (unpaired) electrons. The van der Waals surface area contributed by atoms with Crippen LogP contribution in [-0.4, -0.2) is 64.9 Å². The monoisotopic (exact) mass is 460 g/mol. The number of hydrazone groups is 1. The summed E-state index contributed by atoms with van der Waals surface area (Å²) in [6, 6.07) is 7.40. The number of amides is 2. The first-order valence-corrected chi connectivity index (χ1v) is 13.3. The molecule has 0 saturated carbocycles. The lowest BCUT2D eigenvalue weighted by molar-refractivity contribution is -0.134. The molecule has 2 aromatic rings. The van der Waals surface area contributed by atoms with Crippen LogP contribution in [0.3, 0.4) is 0 Å². The molecule has 31 heavy (non-hydrogen) atoms. The minimum atomic E-state index is -3.15. The Bertz CT molecular complexity index is 1140. The van der Waals surface area contributed by atoms with Crippen molar-refractivity contribution in [3.05, 3.63) is 29.3 Å². The Morgan fingerprint density at radius 3 is 2.74 bits per heavy atom. The van der Waals surface area contributed by atoms with Crippen molar-refractivity contribution in [2.75, 3.05) is 18.1 Å². The number of hydrogen-bond donors (Lipinski definition) is 0. The number of likely N-dealkylation sites (tertiary alicyclic amines) is 1. The van der Waals surface area contributed by atoms with E-state index >= 15 is 0 Å². The maximum absolute atomic E-state index is 13.5. The number of rotatable bonds is 3. The number of nitrogens with zero attached hydrogens (tertiary/aromatic N) is 4. The van der Waals surface area contributed by atoms with E-state index < -0.39 is 15.9 Å². The molecule has 0 spiro atoms. The van der Waals surface area contributed by atoms with Gasteiger partial charge >= 0.3 is 0 Å². The van der Waals surface area contributed by atoms with E-state index in [4.69, 9.17) is 4.98 Å². The number of carbonyl (C=O) groups is 2. The van der Waals surface area contributed by atoms with Crippen molar-refractivity contribution < 1.29 is 18.0 Å². The molecule has 2 fully saturated rings. The van der Waals surface area contributed by atoms with Gasteiger partial charge in [0, 0.05) is 19.4 Å². The standard InChI is InChI=1S/C21H24N4O4S2/c26-19-9-8-16(23-25(19)14-10-12-31(28,29)13-14)21(27)24-11-4-3-6-17(24)20-22-15-5-1-2-7-18(15)30-20/h1-2,5,7,14,17H,3-4,6,8-13H2. The smallest absolute Gasteiger partial charge is 0.270 e. The minimum absolute atomic E-state index is 0.0616. The molecular formula is C21H24N4O4S2. The van der Waals surface area contributed by atoms with Gasteiger partial charge in [-0.2, -0.15) is 5.10 Å². The normalized spacial score (nSPS) is 26.3. The molecule has 1 aromatic carbocycles. The van der Waals surface area contributed by atoms with Crippen molar-refractivity contribution in [2.24, 2.45) is 5.10 Å². The van der Waals surface area contributed by atoms with Gasteiger partial charge in [-0.15, -0.1) is 11.3 Å². The molecule has 8 nitrogen and oxygen atoms in total. The minimum Gasteiger partial charge on any atom is -0.328 e. The molecule has 1 aromatic heterocycles. The van der Waals surface area contributed by atoms with Crippen LogP contribution in [0.2, 0.25) is 0 Å². The third-order valence-electron chi connectivity index (χ3n) is 6.22. The molecule has 0 N–H and O–H groups in total. The van der Waals surface area contributed by atoms with Crippen LogP contribution >= 0.6 is 11.3 Å². The zero-order valence-corrected chi connectivity index (χ0v) is 18.7. The van der Waals surface area contributed by atoms with Crippen LogP contribution in [0.5, 0.6) is 0 Å². The Morgan fingerprint density at radius 2 is 1.97 bits per heavy atom. The Balaban J connectivity index is 1.41. The van der Waals surface area contributed by atoms with Crippen LogP contribution in [0.4, 0.5) is 0 Å². The quantitative estimate of drug-likeness (QED) is 0.701. The van der Waals surface area contributed by atoms with Crippen molar-refractivity contribution in [3.8, 4) is 0 Å². The van der Waals surface area contributed by atoms with Gasteiger partial charge in [0.1, 0.15) is 10.7 Å². The summed E-state index contributed by atoms with van der Waals surface area (Å²) in [7, 11) is -3.15. The maximum atomic E-state index is 13.5. The van der Waals surface area contributed by atoms with Gasteiger partial charge in [-0.3, -0.25) is 9.59 Å². The van der Waals surface area contributed by atoms with E-state index in [1.54, 1.807) is 11.3 Å². The molecule has 0 bridgehead atoms. The molecule has 10 heteroatoms. The van der Waals surface area contributed by atoms with E-state index in [1.165, 1.54) is 5.01 Å². The van der Waals surface area contributed by atoms with E-state index in [-0.39, 0.29) is 42.2 Å². The summed E-state index contributed by atoms with van der Waals surface area (Å²) in [5.41, 5.74) is 1.28. The average molecular weight is 461 g/mol. The molecular weight excluding hydrogens is 436 g/mol. The van der Waals surface area contributed by atoms with Crippen molar-refractivity contribution in [3.63, 3.8) is 0 Å². The van der Waals surface area contributed by atoms with Crippen molar-refractivity contribution in [1.82, 2.24) is 14.9 Å². The van der Waals surface area contributed by atoms with Crippen LogP contribution in [0.15, 0.2) is 29.4 Å². The topological polar surface area (TPSA) is 100 Å². The largest absolute Gasteiger partial charge is 0.328 e. The number of piperidine rings is 1. The maximum Gasteiger partial charge on any atom is 0.270 e. The first kappa shape index (κ1) is 20.6. The van der Waals surface area contributed by atoms with Crippen LogP contribution in [0.1, 0.15) is 49.6 Å². The molecule has 2 saturated heterocycles. The lowest BCUT2D eigenvalue weighted by Crippen LogP contribution is -2.47. The van der Waals surface area contributed by atoms with Crippen LogP contribution < -0.4 is 0 Å². The van der Waals surface area contributed by atoms with Gasteiger partial charge in [-0.25, -0.2) is 18.4 Å². The van der Waals surface area contributed by atoms with Crippen molar-refractivity contribution >= 4 is 48.9 Å². The number of benzene rings is 1. The molecule has 2 amide bonds. The summed E-state index contributed by atoms with van der Waals surface area (Å²) in [6.07, 6.45) is 3.64. The lowest BCUT2D eigenvalue weighted by atomic mass is 10.0. The summed E-state index contributed by atoms with van der Waals surface area (Å²) >= 11 is 1.62. The van der Waals surface area contributed by atoms with Gasteiger partial charge in [0.2, 0.25) is 5.91 Å². The molecule has 4 heterocycles. The van der Waals surface area contributed by atoms with E-state index in [2.05, 4.69) is 5.10 Å². The Hall–Kier alpha value is -2.33. The highest BCUT2D eigenvalue weighted by Gasteiger charge is 2.39. The van der Waals surface area contributed by atoms with Crippen LogP contribution in [-0.2, 0) is 19.4 Å². The SMILES string of the molecule is O=C(C1=NN(C2CCS(=O)(=O)C2)C(=O)CC1)N1CCCCC1c1nc2ccccc2s1. The van der Waals surface area contributed by atoms with Crippen LogP contribution in [0.25, 0.3) is 10.2 Å². The highest BCUT2D eigenvalue weighted by Crippen LogP contribution is 2.36. The highest BCUT2D eigenvalue weighted by molar-refractivity contribution is 7.91. The summed E-state index contributed by atoms with van der Waals surface area (Å²) in [5.74, 6) is -0.393. The fourth-order valence-corrected chi connectivity index (χ4v) is 7.42. The number of thiazole rings is 1. The molecule has 164 valence electrons. The fourth-order valence-electron chi connectivity index (χ4n) is 4.61. The fraction of sp³-hybridized carbons (Fsp3) is 0.524. The summed E-state index contributed by atoms with van der Waals surface area (Å²) in [6.45, 7) is 0.629.